The maximum absolute atomic E-state index is 12.2. The van der Waals surface area contributed by atoms with Crippen LogP contribution in [0.15, 0.2) is 30.5 Å². The van der Waals surface area contributed by atoms with Crippen LogP contribution < -0.4 is 5.32 Å². The van der Waals surface area contributed by atoms with E-state index in [0.717, 1.165) is 29.1 Å². The van der Waals surface area contributed by atoms with Crippen LogP contribution in [0.3, 0.4) is 0 Å². The van der Waals surface area contributed by atoms with Gasteiger partial charge in [-0.05, 0) is 24.8 Å². The number of nitrogens with zero attached hydrogens (tertiary/aromatic N) is 4. The van der Waals surface area contributed by atoms with E-state index in [1.165, 1.54) is 12.8 Å². The second-order valence-electron chi connectivity index (χ2n) is 5.68. The van der Waals surface area contributed by atoms with E-state index in [0.29, 0.717) is 12.2 Å². The minimum atomic E-state index is -0.214. The number of aromatic nitrogens is 5. The molecule has 2 N–H and O–H groups in total. The topological polar surface area (TPSA) is 88.5 Å². The number of amides is 1. The molecule has 3 aromatic rings. The monoisotopic (exact) mass is 296 g/mol. The molecule has 1 aliphatic rings. The normalized spacial score (nSPS) is 14.4. The molecule has 22 heavy (non-hydrogen) atoms. The van der Waals surface area contributed by atoms with Gasteiger partial charge in [0.05, 0.1) is 18.3 Å². The molecule has 2 aromatic heterocycles. The van der Waals surface area contributed by atoms with Crippen LogP contribution in [0, 0.1) is 5.92 Å². The Balaban J connectivity index is 1.42. The van der Waals surface area contributed by atoms with Crippen molar-refractivity contribution in [2.24, 2.45) is 5.92 Å². The van der Waals surface area contributed by atoms with E-state index in [9.17, 15) is 4.79 Å². The molecular formula is C15H16N6O. The standard InChI is InChI=1S/C15H16N6O/c22-15(14-12-3-1-2-4-13(12)18-19-14)16-7-11-9-21(20-17-11)8-10-5-6-10/h1-4,9-10H,5-8H2,(H,16,22)(H,18,19). The summed E-state index contributed by atoms with van der Waals surface area (Å²) >= 11 is 0. The summed E-state index contributed by atoms with van der Waals surface area (Å²) in [5.41, 5.74) is 2.01. The van der Waals surface area contributed by atoms with Crippen LogP contribution in [-0.2, 0) is 13.1 Å². The summed E-state index contributed by atoms with van der Waals surface area (Å²) in [7, 11) is 0. The SMILES string of the molecule is O=C(NCc1cn(CC2CC2)nn1)c1n[nH]c2ccccc12. The molecule has 1 saturated carbocycles. The lowest BCUT2D eigenvalue weighted by Gasteiger charge is -2.00. The number of benzene rings is 1. The van der Waals surface area contributed by atoms with Gasteiger partial charge < -0.3 is 5.32 Å². The second-order valence-corrected chi connectivity index (χ2v) is 5.68. The molecule has 0 saturated heterocycles. The third kappa shape index (κ3) is 2.57. The predicted molar refractivity (Wildman–Crippen MR) is 80.0 cm³/mol. The first-order valence-electron chi connectivity index (χ1n) is 7.40. The smallest absolute Gasteiger partial charge is 0.272 e. The van der Waals surface area contributed by atoms with Gasteiger partial charge in [-0.1, -0.05) is 23.4 Å². The third-order valence-corrected chi connectivity index (χ3v) is 3.84. The fraction of sp³-hybridized carbons (Fsp3) is 0.333. The molecule has 0 spiro atoms. The Bertz CT molecular complexity index is 816. The lowest BCUT2D eigenvalue weighted by molar-refractivity contribution is 0.0947. The van der Waals surface area contributed by atoms with Gasteiger partial charge in [0.25, 0.3) is 5.91 Å². The molecular weight excluding hydrogens is 280 g/mol. The summed E-state index contributed by atoms with van der Waals surface area (Å²) < 4.78 is 1.85. The summed E-state index contributed by atoms with van der Waals surface area (Å²) in [6.07, 6.45) is 4.44. The second kappa shape index (κ2) is 5.25. The van der Waals surface area contributed by atoms with Crippen molar-refractivity contribution in [2.45, 2.75) is 25.9 Å². The van der Waals surface area contributed by atoms with Gasteiger partial charge in [0, 0.05) is 11.9 Å². The molecule has 0 radical (unpaired) electrons. The van der Waals surface area contributed by atoms with Crippen molar-refractivity contribution >= 4 is 16.8 Å². The summed E-state index contributed by atoms with van der Waals surface area (Å²) in [6.45, 7) is 1.27. The quantitative estimate of drug-likeness (QED) is 0.746. The first-order chi connectivity index (χ1) is 10.8. The molecule has 1 fully saturated rings. The van der Waals surface area contributed by atoms with Gasteiger partial charge in [-0.3, -0.25) is 14.6 Å². The molecule has 0 bridgehead atoms. The number of nitrogens with one attached hydrogen (secondary N) is 2. The van der Waals surface area contributed by atoms with Crippen LogP contribution >= 0.6 is 0 Å². The third-order valence-electron chi connectivity index (χ3n) is 3.84. The molecule has 7 heteroatoms. The largest absolute Gasteiger partial charge is 0.345 e. The minimum absolute atomic E-state index is 0.214. The Kier molecular flexibility index (Phi) is 3.10. The van der Waals surface area contributed by atoms with Gasteiger partial charge in [0.2, 0.25) is 0 Å². The fourth-order valence-electron chi connectivity index (χ4n) is 2.46. The summed E-state index contributed by atoms with van der Waals surface area (Å²) in [5, 5.41) is 18.8. The molecule has 0 aliphatic heterocycles. The summed E-state index contributed by atoms with van der Waals surface area (Å²) in [6, 6.07) is 7.56. The van der Waals surface area contributed by atoms with E-state index in [2.05, 4.69) is 25.8 Å². The van der Waals surface area contributed by atoms with Crippen LogP contribution in [0.2, 0.25) is 0 Å². The number of fused-ring (bicyclic) bond motifs is 1. The van der Waals surface area contributed by atoms with Crippen LogP contribution in [0.25, 0.3) is 10.9 Å². The molecule has 0 unspecified atom stereocenters. The molecule has 2 heterocycles. The zero-order valence-electron chi connectivity index (χ0n) is 12.0. The first kappa shape index (κ1) is 13.0. The molecule has 4 rings (SSSR count). The molecule has 1 amide bonds. The Morgan fingerprint density at radius 3 is 3.09 bits per heavy atom. The van der Waals surface area contributed by atoms with Gasteiger partial charge in [0.15, 0.2) is 5.69 Å². The molecule has 1 aliphatic carbocycles. The van der Waals surface area contributed by atoms with Crippen LogP contribution in [0.5, 0.6) is 0 Å². The average molecular weight is 296 g/mol. The Labute approximate surface area is 126 Å². The number of hydrogen-bond donors (Lipinski definition) is 2. The maximum atomic E-state index is 12.2. The van der Waals surface area contributed by atoms with Gasteiger partial charge in [-0.15, -0.1) is 5.10 Å². The van der Waals surface area contributed by atoms with E-state index in [1.54, 1.807) is 0 Å². The van der Waals surface area contributed by atoms with Crippen molar-refractivity contribution in [2.75, 3.05) is 0 Å². The Hall–Kier alpha value is -2.70. The van der Waals surface area contributed by atoms with Crippen LogP contribution in [0.1, 0.15) is 29.0 Å². The zero-order valence-corrected chi connectivity index (χ0v) is 12.0. The Morgan fingerprint density at radius 1 is 1.36 bits per heavy atom. The number of rotatable bonds is 5. The molecule has 7 nitrogen and oxygen atoms in total. The fourth-order valence-corrected chi connectivity index (χ4v) is 2.46. The zero-order chi connectivity index (χ0) is 14.9. The van der Waals surface area contributed by atoms with E-state index in [4.69, 9.17) is 0 Å². The maximum Gasteiger partial charge on any atom is 0.272 e. The van der Waals surface area contributed by atoms with Gasteiger partial charge in [-0.2, -0.15) is 5.10 Å². The number of carbonyl (C=O) groups excluding carboxylic acids is 1. The van der Waals surface area contributed by atoms with E-state index >= 15 is 0 Å². The Morgan fingerprint density at radius 2 is 2.23 bits per heavy atom. The summed E-state index contributed by atoms with van der Waals surface area (Å²) in [4.78, 5) is 12.2. The number of hydrogen-bond acceptors (Lipinski definition) is 4. The van der Waals surface area contributed by atoms with Crippen LogP contribution in [0.4, 0.5) is 0 Å². The van der Waals surface area contributed by atoms with Crippen molar-refractivity contribution in [3.8, 4) is 0 Å². The molecule has 112 valence electrons. The first-order valence-corrected chi connectivity index (χ1v) is 7.40. The van der Waals surface area contributed by atoms with Gasteiger partial charge >= 0.3 is 0 Å². The van der Waals surface area contributed by atoms with Crippen molar-refractivity contribution in [1.29, 1.82) is 0 Å². The van der Waals surface area contributed by atoms with Crippen molar-refractivity contribution < 1.29 is 4.79 Å². The van der Waals surface area contributed by atoms with Crippen molar-refractivity contribution in [3.05, 3.63) is 41.9 Å². The summed E-state index contributed by atoms with van der Waals surface area (Å²) in [5.74, 6) is 0.536. The highest BCUT2D eigenvalue weighted by molar-refractivity contribution is 6.04. The van der Waals surface area contributed by atoms with E-state index < -0.39 is 0 Å². The van der Waals surface area contributed by atoms with Crippen LogP contribution in [-0.4, -0.2) is 31.1 Å². The average Bonchev–Trinajstić information content (AvgIpc) is 3.07. The minimum Gasteiger partial charge on any atom is -0.345 e. The van der Waals surface area contributed by atoms with Gasteiger partial charge in [-0.25, -0.2) is 0 Å². The van der Waals surface area contributed by atoms with E-state index in [-0.39, 0.29) is 5.91 Å². The lowest BCUT2D eigenvalue weighted by Crippen LogP contribution is -2.23. The number of aromatic amines is 1. The van der Waals surface area contributed by atoms with Crippen molar-refractivity contribution in [1.82, 2.24) is 30.5 Å². The number of H-pyrrole nitrogens is 1. The number of carbonyl (C=O) groups is 1. The van der Waals surface area contributed by atoms with E-state index in [1.807, 2.05) is 35.1 Å². The highest BCUT2D eigenvalue weighted by Crippen LogP contribution is 2.30. The predicted octanol–water partition coefficient (Wildman–Crippen LogP) is 1.49. The van der Waals surface area contributed by atoms with Gasteiger partial charge in [0.1, 0.15) is 5.69 Å². The highest BCUT2D eigenvalue weighted by Gasteiger charge is 2.22. The molecule has 1 aromatic carbocycles. The number of para-hydroxylation sites is 1. The highest BCUT2D eigenvalue weighted by atomic mass is 16.1. The lowest BCUT2D eigenvalue weighted by atomic mass is 10.2. The molecule has 0 atom stereocenters. The van der Waals surface area contributed by atoms with Crippen molar-refractivity contribution in [3.63, 3.8) is 0 Å².